The first kappa shape index (κ1) is 22.6. The summed E-state index contributed by atoms with van der Waals surface area (Å²) in [7, 11) is 4.16. The second-order valence-electron chi connectivity index (χ2n) is 9.54. The quantitative estimate of drug-likeness (QED) is 0.357. The number of nitrogens with one attached hydrogen (secondary N) is 2. The van der Waals surface area contributed by atoms with Crippen LogP contribution in [0.4, 0.5) is 5.69 Å². The van der Waals surface area contributed by atoms with Crippen LogP contribution in [0, 0.1) is 0 Å². The lowest BCUT2D eigenvalue weighted by Crippen LogP contribution is -2.46. The molecular formula is C28H30N6O2. The maximum absolute atomic E-state index is 6.04. The van der Waals surface area contributed by atoms with Gasteiger partial charge < -0.3 is 24.3 Å². The maximum Gasteiger partial charge on any atom is 0.159 e. The average molecular weight is 483 g/mol. The van der Waals surface area contributed by atoms with Gasteiger partial charge in [0.1, 0.15) is 18.1 Å². The maximum atomic E-state index is 6.04. The molecule has 2 N–H and O–H groups in total. The van der Waals surface area contributed by atoms with Gasteiger partial charge >= 0.3 is 0 Å². The van der Waals surface area contributed by atoms with Crippen molar-refractivity contribution in [2.45, 2.75) is 12.7 Å². The molecule has 184 valence electrons. The van der Waals surface area contributed by atoms with E-state index in [2.05, 4.69) is 69.4 Å². The molecule has 3 aromatic carbocycles. The third kappa shape index (κ3) is 4.65. The topological polar surface area (TPSA) is 82.3 Å². The number of rotatable bonds is 7. The second kappa shape index (κ2) is 9.64. The number of benzene rings is 3. The van der Waals surface area contributed by atoms with Crippen molar-refractivity contribution in [2.75, 3.05) is 45.2 Å². The number of nitrogens with zero attached hydrogens (tertiary/aromatic N) is 4. The molecule has 1 unspecified atom stereocenters. The summed E-state index contributed by atoms with van der Waals surface area (Å²) in [4.78, 5) is 12.9. The van der Waals surface area contributed by atoms with Crippen molar-refractivity contribution in [3.8, 4) is 17.3 Å². The van der Waals surface area contributed by atoms with Gasteiger partial charge in [0.05, 0.1) is 29.3 Å². The highest BCUT2D eigenvalue weighted by Crippen LogP contribution is 2.31. The second-order valence-corrected chi connectivity index (χ2v) is 9.54. The molecule has 1 fully saturated rings. The Bertz CT molecular complexity index is 1480. The highest BCUT2D eigenvalue weighted by atomic mass is 16.5. The van der Waals surface area contributed by atoms with E-state index in [1.165, 1.54) is 5.69 Å². The normalized spacial score (nSPS) is 16.3. The molecule has 0 amide bonds. The summed E-state index contributed by atoms with van der Waals surface area (Å²) in [6.45, 7) is 3.92. The molecule has 3 heterocycles. The van der Waals surface area contributed by atoms with Gasteiger partial charge in [-0.05, 0) is 56.1 Å². The first-order valence-electron chi connectivity index (χ1n) is 12.3. The van der Waals surface area contributed by atoms with Crippen LogP contribution >= 0.6 is 0 Å². The van der Waals surface area contributed by atoms with E-state index in [-0.39, 0.29) is 6.10 Å². The van der Waals surface area contributed by atoms with E-state index in [1.54, 1.807) is 0 Å². The lowest BCUT2D eigenvalue weighted by Gasteiger charge is -2.35. The summed E-state index contributed by atoms with van der Waals surface area (Å²) in [6, 6.07) is 22.5. The Hall–Kier alpha value is -3.88. The summed E-state index contributed by atoms with van der Waals surface area (Å²) in [5, 5.41) is 8.66. The van der Waals surface area contributed by atoms with Gasteiger partial charge in [-0.25, -0.2) is 4.98 Å². The number of aromatic nitrogens is 4. The van der Waals surface area contributed by atoms with Crippen molar-refractivity contribution in [1.82, 2.24) is 25.1 Å². The Kier molecular flexibility index (Phi) is 6.04. The highest BCUT2D eigenvalue weighted by Gasteiger charge is 2.22. The van der Waals surface area contributed by atoms with E-state index >= 15 is 0 Å². The molecule has 6 rings (SSSR count). The number of likely N-dealkylation sites (N-methyl/N-ethyl adjacent to an activating group) is 1. The highest BCUT2D eigenvalue weighted by molar-refractivity contribution is 5.94. The lowest BCUT2D eigenvalue weighted by molar-refractivity contribution is 0.0248. The molecule has 0 spiro atoms. The van der Waals surface area contributed by atoms with Crippen LogP contribution in [0.1, 0.15) is 5.56 Å². The fraction of sp³-hybridized carbons (Fsp3) is 0.286. The van der Waals surface area contributed by atoms with Crippen molar-refractivity contribution in [3.05, 3.63) is 72.3 Å². The van der Waals surface area contributed by atoms with Gasteiger partial charge in [-0.2, -0.15) is 5.10 Å². The first-order valence-corrected chi connectivity index (χ1v) is 12.3. The number of morpholine rings is 1. The Labute approximate surface area is 209 Å². The van der Waals surface area contributed by atoms with E-state index in [9.17, 15) is 0 Å². The van der Waals surface area contributed by atoms with E-state index < -0.39 is 0 Å². The molecule has 0 aliphatic carbocycles. The molecule has 1 atom stereocenters. The molecule has 0 saturated carbocycles. The number of aromatic amines is 2. The van der Waals surface area contributed by atoms with Crippen molar-refractivity contribution >= 4 is 27.6 Å². The van der Waals surface area contributed by atoms with Crippen molar-refractivity contribution in [3.63, 3.8) is 0 Å². The smallest absolute Gasteiger partial charge is 0.159 e. The summed E-state index contributed by atoms with van der Waals surface area (Å²) in [6.07, 6.45) is 0.204. The standard InChI is InChI=1S/C28H30N6O2/c1-33(2)16-22-17-34(12-13-35-22)20-8-10-25-26(14-20)30-28(29-25)27-23-15-21(9-11-24(23)31-32-27)36-18-19-6-4-3-5-7-19/h3-11,14-15,22H,12-13,16-18H2,1-2H3,(H,29,30)(H,31,32). The SMILES string of the molecule is CN(C)CC1CN(c2ccc3nc(-c4n[nH]c5ccc(OCc6ccccc6)cc45)[nH]c3c2)CCO1. The Balaban J connectivity index is 1.25. The largest absolute Gasteiger partial charge is 0.489 e. The Morgan fingerprint density at radius 1 is 1.06 bits per heavy atom. The van der Waals surface area contributed by atoms with Crippen LogP contribution in [0.5, 0.6) is 5.75 Å². The Morgan fingerprint density at radius 2 is 1.94 bits per heavy atom. The van der Waals surface area contributed by atoms with Gasteiger partial charge in [-0.15, -0.1) is 0 Å². The molecule has 0 bridgehead atoms. The molecular weight excluding hydrogens is 452 g/mol. The van der Waals surface area contributed by atoms with Gasteiger partial charge in [-0.1, -0.05) is 30.3 Å². The molecule has 8 nitrogen and oxygen atoms in total. The zero-order chi connectivity index (χ0) is 24.5. The summed E-state index contributed by atoms with van der Waals surface area (Å²) in [5.41, 5.74) is 5.94. The molecule has 1 aliphatic rings. The number of H-pyrrole nitrogens is 2. The van der Waals surface area contributed by atoms with Gasteiger partial charge in [0, 0.05) is 30.7 Å². The minimum absolute atomic E-state index is 0.204. The average Bonchev–Trinajstić information content (AvgIpc) is 3.51. The van der Waals surface area contributed by atoms with Gasteiger partial charge in [0.15, 0.2) is 5.82 Å². The first-order chi connectivity index (χ1) is 17.6. The minimum atomic E-state index is 0.204. The molecule has 8 heteroatoms. The summed E-state index contributed by atoms with van der Waals surface area (Å²) < 4.78 is 12.0. The fourth-order valence-corrected chi connectivity index (χ4v) is 4.78. The zero-order valence-corrected chi connectivity index (χ0v) is 20.6. The number of hydrogen-bond donors (Lipinski definition) is 2. The van der Waals surface area contributed by atoms with E-state index in [0.29, 0.717) is 6.61 Å². The van der Waals surface area contributed by atoms with Crippen LogP contribution in [0.3, 0.4) is 0 Å². The van der Waals surface area contributed by atoms with Crippen LogP contribution in [0.2, 0.25) is 0 Å². The zero-order valence-electron chi connectivity index (χ0n) is 20.6. The monoisotopic (exact) mass is 482 g/mol. The minimum Gasteiger partial charge on any atom is -0.489 e. The van der Waals surface area contributed by atoms with Gasteiger partial charge in [0.25, 0.3) is 0 Å². The third-order valence-corrected chi connectivity index (χ3v) is 6.55. The van der Waals surface area contributed by atoms with Crippen molar-refractivity contribution in [2.24, 2.45) is 0 Å². The Morgan fingerprint density at radius 3 is 2.81 bits per heavy atom. The van der Waals surface area contributed by atoms with Crippen molar-refractivity contribution in [1.29, 1.82) is 0 Å². The molecule has 36 heavy (non-hydrogen) atoms. The van der Waals surface area contributed by atoms with Gasteiger partial charge in [-0.3, -0.25) is 5.10 Å². The molecule has 5 aromatic rings. The van der Waals surface area contributed by atoms with Gasteiger partial charge in [0.2, 0.25) is 0 Å². The van der Waals surface area contributed by atoms with E-state index in [4.69, 9.17) is 14.5 Å². The summed E-state index contributed by atoms with van der Waals surface area (Å²) in [5.74, 6) is 1.54. The molecule has 2 aromatic heterocycles. The van der Waals surface area contributed by atoms with Crippen LogP contribution < -0.4 is 9.64 Å². The predicted molar refractivity (Wildman–Crippen MR) is 142 cm³/mol. The van der Waals surface area contributed by atoms with Crippen molar-refractivity contribution < 1.29 is 9.47 Å². The van der Waals surface area contributed by atoms with Crippen LogP contribution in [-0.2, 0) is 11.3 Å². The third-order valence-electron chi connectivity index (χ3n) is 6.55. The number of fused-ring (bicyclic) bond motifs is 2. The summed E-state index contributed by atoms with van der Waals surface area (Å²) >= 11 is 0. The van der Waals surface area contributed by atoms with E-state index in [0.717, 1.165) is 71.0 Å². The fourth-order valence-electron chi connectivity index (χ4n) is 4.78. The number of anilines is 1. The molecule has 1 saturated heterocycles. The number of imidazole rings is 1. The molecule has 1 aliphatic heterocycles. The van der Waals surface area contributed by atoms with Crippen LogP contribution in [-0.4, -0.2) is 71.5 Å². The lowest BCUT2D eigenvalue weighted by atomic mass is 10.2. The van der Waals surface area contributed by atoms with E-state index in [1.807, 2.05) is 36.4 Å². The van der Waals surface area contributed by atoms with Crippen LogP contribution in [0.25, 0.3) is 33.5 Å². The number of ether oxygens (including phenoxy) is 2. The number of hydrogen-bond acceptors (Lipinski definition) is 6. The predicted octanol–water partition coefficient (Wildman–Crippen LogP) is 4.45. The molecule has 0 radical (unpaired) electrons. The van der Waals surface area contributed by atoms with Crippen LogP contribution in [0.15, 0.2) is 66.7 Å².